The van der Waals surface area contributed by atoms with Gasteiger partial charge in [0.25, 0.3) is 0 Å². The fraction of sp³-hybridized carbons (Fsp3) is 0.316. The SMILES string of the molecule is CN(CCCNC(=O)Cn1nnc2ccccc21)Cc1ccccc1. The van der Waals surface area contributed by atoms with Crippen molar-refractivity contribution in [2.45, 2.75) is 19.5 Å². The number of para-hydroxylation sites is 1. The normalized spacial score (nSPS) is 11.1. The summed E-state index contributed by atoms with van der Waals surface area (Å²) in [5.41, 5.74) is 2.98. The number of nitrogens with zero attached hydrogens (tertiary/aromatic N) is 4. The van der Waals surface area contributed by atoms with Gasteiger partial charge in [-0.1, -0.05) is 47.7 Å². The maximum absolute atomic E-state index is 12.1. The Morgan fingerprint density at radius 3 is 2.72 bits per heavy atom. The van der Waals surface area contributed by atoms with Crippen LogP contribution < -0.4 is 5.32 Å². The summed E-state index contributed by atoms with van der Waals surface area (Å²) in [5.74, 6) is -0.0404. The molecule has 1 aromatic heterocycles. The van der Waals surface area contributed by atoms with Gasteiger partial charge in [0.2, 0.25) is 5.91 Å². The third-order valence-corrected chi connectivity index (χ3v) is 4.05. The molecular weight excluding hydrogens is 314 g/mol. The summed E-state index contributed by atoms with van der Waals surface area (Å²) in [6, 6.07) is 18.0. The van der Waals surface area contributed by atoms with Crippen molar-refractivity contribution in [1.82, 2.24) is 25.2 Å². The molecule has 0 atom stereocenters. The van der Waals surface area contributed by atoms with Gasteiger partial charge in [0.15, 0.2) is 0 Å². The van der Waals surface area contributed by atoms with Gasteiger partial charge in [0.1, 0.15) is 12.1 Å². The Kier molecular flexibility index (Phi) is 5.74. The summed E-state index contributed by atoms with van der Waals surface area (Å²) in [7, 11) is 2.09. The average molecular weight is 337 g/mol. The van der Waals surface area contributed by atoms with E-state index in [-0.39, 0.29) is 12.5 Å². The Hall–Kier alpha value is -2.73. The van der Waals surface area contributed by atoms with Crippen LogP contribution in [0.3, 0.4) is 0 Å². The molecule has 0 unspecified atom stereocenters. The van der Waals surface area contributed by atoms with Crippen LogP contribution in [0.4, 0.5) is 0 Å². The number of amides is 1. The zero-order chi connectivity index (χ0) is 17.5. The third kappa shape index (κ3) is 4.87. The number of carbonyl (C=O) groups excluding carboxylic acids is 1. The molecule has 1 amide bonds. The number of hydrogen-bond acceptors (Lipinski definition) is 4. The van der Waals surface area contributed by atoms with Crippen molar-refractivity contribution in [3.63, 3.8) is 0 Å². The van der Waals surface area contributed by atoms with Crippen molar-refractivity contribution in [1.29, 1.82) is 0 Å². The summed E-state index contributed by atoms with van der Waals surface area (Å²) in [6.45, 7) is 2.70. The van der Waals surface area contributed by atoms with Gasteiger partial charge in [-0.15, -0.1) is 5.10 Å². The minimum Gasteiger partial charge on any atom is -0.354 e. The van der Waals surface area contributed by atoms with Crippen molar-refractivity contribution in [2.75, 3.05) is 20.1 Å². The molecule has 0 aliphatic heterocycles. The second-order valence-electron chi connectivity index (χ2n) is 6.16. The second-order valence-corrected chi connectivity index (χ2v) is 6.16. The van der Waals surface area contributed by atoms with Crippen molar-refractivity contribution >= 4 is 16.9 Å². The molecule has 1 heterocycles. The van der Waals surface area contributed by atoms with Gasteiger partial charge < -0.3 is 10.2 Å². The predicted molar refractivity (Wildman–Crippen MR) is 97.9 cm³/mol. The van der Waals surface area contributed by atoms with Crippen molar-refractivity contribution < 1.29 is 4.79 Å². The van der Waals surface area contributed by atoms with E-state index >= 15 is 0 Å². The first-order valence-corrected chi connectivity index (χ1v) is 8.50. The van der Waals surface area contributed by atoms with Crippen LogP contribution in [0.15, 0.2) is 54.6 Å². The lowest BCUT2D eigenvalue weighted by Gasteiger charge is -2.16. The Morgan fingerprint density at radius 1 is 1.12 bits per heavy atom. The van der Waals surface area contributed by atoms with E-state index in [1.807, 2.05) is 30.3 Å². The molecule has 2 aromatic carbocycles. The smallest absolute Gasteiger partial charge is 0.241 e. The third-order valence-electron chi connectivity index (χ3n) is 4.05. The molecule has 0 aliphatic rings. The number of rotatable bonds is 8. The molecule has 3 rings (SSSR count). The fourth-order valence-corrected chi connectivity index (χ4v) is 2.78. The minimum atomic E-state index is -0.0404. The Labute approximate surface area is 147 Å². The van der Waals surface area contributed by atoms with Crippen LogP contribution in [0.1, 0.15) is 12.0 Å². The Balaban J connectivity index is 1.38. The van der Waals surface area contributed by atoms with Crippen molar-refractivity contribution in [3.05, 3.63) is 60.2 Å². The molecular formula is C19H23N5O. The lowest BCUT2D eigenvalue weighted by molar-refractivity contribution is -0.121. The molecule has 3 aromatic rings. The van der Waals surface area contributed by atoms with Crippen LogP contribution in [0, 0.1) is 0 Å². The zero-order valence-electron chi connectivity index (χ0n) is 14.4. The minimum absolute atomic E-state index is 0.0404. The Morgan fingerprint density at radius 2 is 1.88 bits per heavy atom. The van der Waals surface area contributed by atoms with Crippen LogP contribution in [-0.4, -0.2) is 45.9 Å². The van der Waals surface area contributed by atoms with E-state index in [4.69, 9.17) is 0 Å². The van der Waals surface area contributed by atoms with Crippen LogP contribution >= 0.6 is 0 Å². The average Bonchev–Trinajstić information content (AvgIpc) is 3.03. The fourth-order valence-electron chi connectivity index (χ4n) is 2.78. The van der Waals surface area contributed by atoms with Gasteiger partial charge in [-0.25, -0.2) is 4.68 Å². The van der Waals surface area contributed by atoms with Crippen LogP contribution in [-0.2, 0) is 17.9 Å². The first-order valence-electron chi connectivity index (χ1n) is 8.50. The molecule has 0 saturated heterocycles. The van der Waals surface area contributed by atoms with E-state index in [1.165, 1.54) is 5.56 Å². The van der Waals surface area contributed by atoms with E-state index in [1.54, 1.807) is 4.68 Å². The molecule has 0 fully saturated rings. The molecule has 25 heavy (non-hydrogen) atoms. The number of aromatic nitrogens is 3. The molecule has 6 nitrogen and oxygen atoms in total. The number of benzene rings is 2. The molecule has 0 spiro atoms. The second kappa shape index (κ2) is 8.39. The number of hydrogen-bond donors (Lipinski definition) is 1. The zero-order valence-corrected chi connectivity index (χ0v) is 14.4. The summed E-state index contributed by atoms with van der Waals surface area (Å²) >= 11 is 0. The Bertz CT molecular complexity index is 815. The summed E-state index contributed by atoms with van der Waals surface area (Å²) in [5, 5.41) is 11.0. The molecule has 0 aliphatic carbocycles. The van der Waals surface area contributed by atoms with Gasteiger partial charge in [-0.05, 0) is 37.7 Å². The largest absolute Gasteiger partial charge is 0.354 e. The highest BCUT2D eigenvalue weighted by Crippen LogP contribution is 2.09. The van der Waals surface area contributed by atoms with Crippen molar-refractivity contribution in [2.24, 2.45) is 0 Å². The first kappa shape index (κ1) is 17.1. The highest BCUT2D eigenvalue weighted by atomic mass is 16.2. The molecule has 6 heteroatoms. The van der Waals surface area contributed by atoms with Gasteiger partial charge in [-0.3, -0.25) is 4.79 Å². The lowest BCUT2D eigenvalue weighted by Crippen LogP contribution is -2.31. The van der Waals surface area contributed by atoms with Crippen LogP contribution in [0.25, 0.3) is 11.0 Å². The van der Waals surface area contributed by atoms with Crippen molar-refractivity contribution in [3.8, 4) is 0 Å². The van der Waals surface area contributed by atoms with Crippen LogP contribution in [0.5, 0.6) is 0 Å². The van der Waals surface area contributed by atoms with Gasteiger partial charge in [0.05, 0.1) is 5.52 Å². The quantitative estimate of drug-likeness (QED) is 0.639. The highest BCUT2D eigenvalue weighted by Gasteiger charge is 2.08. The maximum atomic E-state index is 12.1. The molecule has 130 valence electrons. The summed E-state index contributed by atoms with van der Waals surface area (Å²) < 4.78 is 1.63. The molecule has 0 saturated carbocycles. The van der Waals surface area contributed by atoms with E-state index < -0.39 is 0 Å². The maximum Gasteiger partial charge on any atom is 0.241 e. The van der Waals surface area contributed by atoms with Crippen LogP contribution in [0.2, 0.25) is 0 Å². The number of carbonyl (C=O) groups is 1. The van der Waals surface area contributed by atoms with Gasteiger partial charge in [-0.2, -0.15) is 0 Å². The molecule has 0 bridgehead atoms. The molecule has 0 radical (unpaired) electrons. The van der Waals surface area contributed by atoms with E-state index in [0.29, 0.717) is 6.54 Å². The summed E-state index contributed by atoms with van der Waals surface area (Å²) in [6.07, 6.45) is 0.910. The van der Waals surface area contributed by atoms with Gasteiger partial charge >= 0.3 is 0 Å². The lowest BCUT2D eigenvalue weighted by atomic mass is 10.2. The highest BCUT2D eigenvalue weighted by molar-refractivity contribution is 5.79. The molecule has 1 N–H and O–H groups in total. The topological polar surface area (TPSA) is 63.1 Å². The summed E-state index contributed by atoms with van der Waals surface area (Å²) in [4.78, 5) is 14.3. The van der Waals surface area contributed by atoms with E-state index in [9.17, 15) is 4.79 Å². The van der Waals surface area contributed by atoms with Gasteiger partial charge in [0, 0.05) is 13.1 Å². The number of nitrogens with one attached hydrogen (secondary N) is 1. The monoisotopic (exact) mass is 337 g/mol. The number of fused-ring (bicyclic) bond motifs is 1. The standard InChI is InChI=1S/C19H23N5O/c1-23(14-16-8-3-2-4-9-16)13-7-12-20-19(25)15-24-18-11-6-5-10-17(18)21-22-24/h2-6,8-11H,7,12-15H2,1H3,(H,20,25). The first-order chi connectivity index (χ1) is 12.2. The predicted octanol–water partition coefficient (Wildman–Crippen LogP) is 2.07. The van der Waals surface area contributed by atoms with E-state index in [0.717, 1.165) is 30.5 Å². The van der Waals surface area contributed by atoms with E-state index in [2.05, 4.69) is 51.8 Å².